The molecule has 18 heavy (non-hydrogen) atoms. The van der Waals surface area contributed by atoms with Crippen molar-refractivity contribution in [2.75, 3.05) is 14.1 Å². The number of benzene rings is 1. The molecule has 1 aliphatic rings. The zero-order chi connectivity index (χ0) is 13.5. The van der Waals surface area contributed by atoms with Crippen LogP contribution in [0, 0.1) is 0 Å². The van der Waals surface area contributed by atoms with Gasteiger partial charge in [0.15, 0.2) is 0 Å². The van der Waals surface area contributed by atoms with E-state index in [0.717, 1.165) is 0 Å². The summed E-state index contributed by atoms with van der Waals surface area (Å²) < 4.78 is 0.640. The van der Waals surface area contributed by atoms with Crippen LogP contribution < -0.4 is 16.6 Å². The van der Waals surface area contributed by atoms with Crippen molar-refractivity contribution in [3.8, 4) is 0 Å². The first-order valence-corrected chi connectivity index (χ1v) is 6.62. The van der Waals surface area contributed by atoms with E-state index in [0.29, 0.717) is 26.0 Å². The molecule has 0 aromatic heterocycles. The second kappa shape index (κ2) is 4.86. The number of guanidine groups is 1. The topological polar surface area (TPSA) is 65.7 Å². The van der Waals surface area contributed by atoms with Crippen LogP contribution in [-0.4, -0.2) is 25.0 Å². The first-order chi connectivity index (χ1) is 8.33. The molecule has 8 heteroatoms. The van der Waals surface area contributed by atoms with Crippen LogP contribution in [0.25, 0.3) is 0 Å². The van der Waals surface area contributed by atoms with Crippen LogP contribution in [0.4, 0.5) is 0 Å². The summed E-state index contributed by atoms with van der Waals surface area (Å²) >= 11 is 15.4. The highest BCUT2D eigenvalue weighted by Crippen LogP contribution is 2.34. The first kappa shape index (κ1) is 13.9. The van der Waals surface area contributed by atoms with Crippen LogP contribution in [0.5, 0.6) is 0 Å². The summed E-state index contributed by atoms with van der Waals surface area (Å²) in [6.07, 6.45) is 0. The smallest absolute Gasteiger partial charge is 0.211 e. The fourth-order valence-corrected chi connectivity index (χ4v) is 2.21. The second-order valence-electron chi connectivity index (χ2n) is 4.10. The maximum atomic E-state index is 6.18. The molecule has 1 aromatic carbocycles. The Labute approximate surface area is 123 Å². The van der Waals surface area contributed by atoms with Gasteiger partial charge < -0.3 is 4.90 Å². The summed E-state index contributed by atoms with van der Waals surface area (Å²) in [7, 11) is 3.72. The Kier molecular flexibility index (Phi) is 3.75. The minimum atomic E-state index is -1.09. The van der Waals surface area contributed by atoms with Crippen LogP contribution in [0.2, 0.25) is 10.0 Å². The van der Waals surface area contributed by atoms with Crippen molar-refractivity contribution in [3.63, 3.8) is 0 Å². The van der Waals surface area contributed by atoms with Crippen molar-refractivity contribution in [1.29, 1.82) is 0 Å². The van der Waals surface area contributed by atoms with E-state index in [2.05, 4.69) is 31.8 Å². The SMILES string of the molecule is CN(C)C1=NC(N)(c2cc(Cl)c(Br)c(Cl)c2)NN1. The Morgan fingerprint density at radius 2 is 1.89 bits per heavy atom. The van der Waals surface area contributed by atoms with Gasteiger partial charge in [-0.15, -0.1) is 0 Å². The molecule has 4 N–H and O–H groups in total. The van der Waals surface area contributed by atoms with Crippen molar-refractivity contribution in [2.24, 2.45) is 10.7 Å². The lowest BCUT2D eigenvalue weighted by Gasteiger charge is -2.21. The van der Waals surface area contributed by atoms with E-state index in [1.165, 1.54) is 0 Å². The lowest BCUT2D eigenvalue weighted by atomic mass is 10.1. The first-order valence-electron chi connectivity index (χ1n) is 5.08. The van der Waals surface area contributed by atoms with Gasteiger partial charge in [0.1, 0.15) is 0 Å². The number of nitrogens with zero attached hydrogens (tertiary/aromatic N) is 2. The zero-order valence-corrected chi connectivity index (χ0v) is 12.9. The van der Waals surface area contributed by atoms with E-state index in [1.54, 1.807) is 12.1 Å². The lowest BCUT2D eigenvalue weighted by molar-refractivity contribution is 0.374. The average Bonchev–Trinajstić information content (AvgIpc) is 2.69. The molecule has 0 bridgehead atoms. The molecule has 98 valence electrons. The van der Waals surface area contributed by atoms with Crippen LogP contribution in [0.3, 0.4) is 0 Å². The Morgan fingerprint density at radius 1 is 1.33 bits per heavy atom. The minimum absolute atomic E-state index is 0.484. The van der Waals surface area contributed by atoms with Gasteiger partial charge in [0.25, 0.3) is 0 Å². The summed E-state index contributed by atoms with van der Waals surface area (Å²) in [5, 5.41) is 0.968. The number of rotatable bonds is 1. The molecule has 0 amide bonds. The second-order valence-corrected chi connectivity index (χ2v) is 5.71. The molecule has 0 saturated heterocycles. The Hall–Kier alpha value is -0.530. The van der Waals surface area contributed by atoms with Crippen molar-refractivity contribution < 1.29 is 0 Å². The monoisotopic (exact) mass is 351 g/mol. The predicted octanol–water partition coefficient (Wildman–Crippen LogP) is 1.85. The van der Waals surface area contributed by atoms with E-state index >= 15 is 0 Å². The van der Waals surface area contributed by atoms with E-state index in [1.807, 2.05) is 19.0 Å². The van der Waals surface area contributed by atoms with Gasteiger partial charge in [-0.3, -0.25) is 11.2 Å². The van der Waals surface area contributed by atoms with Crippen molar-refractivity contribution >= 4 is 45.1 Å². The standard InChI is InChI=1S/C10H12BrCl2N5/c1-18(2)9-15-10(14,17-16-9)5-3-6(12)8(11)7(13)4-5/h3-4,17H,14H2,1-2H3,(H,15,16). The summed E-state index contributed by atoms with van der Waals surface area (Å²) in [5.41, 5.74) is 12.7. The molecule has 1 atom stereocenters. The predicted molar refractivity (Wildman–Crippen MR) is 77.4 cm³/mol. The van der Waals surface area contributed by atoms with Gasteiger partial charge in [0.05, 0.1) is 14.5 Å². The van der Waals surface area contributed by atoms with Crippen LogP contribution in [0.15, 0.2) is 21.6 Å². The molecule has 1 heterocycles. The zero-order valence-electron chi connectivity index (χ0n) is 9.76. The summed E-state index contributed by atoms with van der Waals surface area (Å²) in [4.78, 5) is 6.18. The van der Waals surface area contributed by atoms with Crippen LogP contribution in [-0.2, 0) is 5.79 Å². The molecule has 1 aliphatic heterocycles. The van der Waals surface area contributed by atoms with E-state index in [-0.39, 0.29) is 0 Å². The van der Waals surface area contributed by atoms with Crippen LogP contribution >= 0.6 is 39.1 Å². The highest BCUT2D eigenvalue weighted by Gasteiger charge is 2.33. The maximum Gasteiger partial charge on any atom is 0.211 e. The lowest BCUT2D eigenvalue weighted by Crippen LogP contribution is -2.50. The molecule has 1 aromatic rings. The van der Waals surface area contributed by atoms with Crippen LogP contribution in [0.1, 0.15) is 5.56 Å². The number of hydrogen-bond acceptors (Lipinski definition) is 5. The summed E-state index contributed by atoms with van der Waals surface area (Å²) in [6, 6.07) is 3.43. The Balaban J connectivity index is 2.44. The third-order valence-corrected chi connectivity index (χ3v) is 4.40. The average molecular weight is 353 g/mol. The molecular weight excluding hydrogens is 341 g/mol. The highest BCUT2D eigenvalue weighted by atomic mass is 79.9. The fraction of sp³-hybridized carbons (Fsp3) is 0.300. The fourth-order valence-electron chi connectivity index (χ4n) is 1.50. The number of nitrogens with one attached hydrogen (secondary N) is 2. The highest BCUT2D eigenvalue weighted by molar-refractivity contribution is 9.10. The van der Waals surface area contributed by atoms with Gasteiger partial charge in [-0.25, -0.2) is 4.99 Å². The van der Waals surface area contributed by atoms with Gasteiger partial charge in [0.2, 0.25) is 11.7 Å². The number of aliphatic imine (C=N–C) groups is 1. The van der Waals surface area contributed by atoms with E-state index < -0.39 is 5.79 Å². The van der Waals surface area contributed by atoms with Gasteiger partial charge in [-0.05, 0) is 28.1 Å². The van der Waals surface area contributed by atoms with E-state index in [9.17, 15) is 0 Å². The van der Waals surface area contributed by atoms with Crippen molar-refractivity contribution in [3.05, 3.63) is 32.2 Å². The van der Waals surface area contributed by atoms with Crippen molar-refractivity contribution in [2.45, 2.75) is 5.79 Å². The quantitative estimate of drug-likeness (QED) is 0.675. The van der Waals surface area contributed by atoms with Gasteiger partial charge in [-0.1, -0.05) is 23.2 Å². The van der Waals surface area contributed by atoms with Crippen molar-refractivity contribution in [1.82, 2.24) is 15.8 Å². The Bertz CT molecular complexity index is 496. The minimum Gasteiger partial charge on any atom is -0.348 e. The molecule has 1 unspecified atom stereocenters. The molecule has 0 aliphatic carbocycles. The molecule has 0 saturated carbocycles. The number of hydrazine groups is 1. The summed E-state index contributed by atoms with van der Waals surface area (Å²) in [5.74, 6) is -0.458. The molecule has 0 radical (unpaired) electrons. The Morgan fingerprint density at radius 3 is 2.33 bits per heavy atom. The molecule has 0 fully saturated rings. The van der Waals surface area contributed by atoms with Gasteiger partial charge in [0, 0.05) is 19.7 Å². The normalized spacial score (nSPS) is 22.7. The number of nitrogens with two attached hydrogens (primary N) is 1. The number of halogens is 3. The molecule has 5 nitrogen and oxygen atoms in total. The number of hydrogen-bond donors (Lipinski definition) is 3. The largest absolute Gasteiger partial charge is 0.348 e. The van der Waals surface area contributed by atoms with E-state index in [4.69, 9.17) is 28.9 Å². The third kappa shape index (κ3) is 2.44. The van der Waals surface area contributed by atoms with Gasteiger partial charge in [-0.2, -0.15) is 5.43 Å². The summed E-state index contributed by atoms with van der Waals surface area (Å²) in [6.45, 7) is 0. The third-order valence-electron chi connectivity index (χ3n) is 2.49. The maximum absolute atomic E-state index is 6.18. The molecule has 0 spiro atoms. The molecule has 2 rings (SSSR count). The van der Waals surface area contributed by atoms with Gasteiger partial charge >= 0.3 is 0 Å². The molecular formula is C10H12BrCl2N5.